The van der Waals surface area contributed by atoms with Crippen molar-refractivity contribution in [2.24, 2.45) is 5.10 Å². The largest absolute Gasteiger partial charge is 0.506 e. The normalized spacial score (nSPS) is 11.0. The molecule has 3 rings (SSSR count). The summed E-state index contributed by atoms with van der Waals surface area (Å²) >= 11 is 7.96. The van der Waals surface area contributed by atoms with Crippen LogP contribution in [0, 0.1) is 10.1 Å². The summed E-state index contributed by atoms with van der Waals surface area (Å²) in [5.74, 6) is 0.0875. The Labute approximate surface area is 168 Å². The number of anilines is 1. The maximum atomic E-state index is 10.7. The summed E-state index contributed by atoms with van der Waals surface area (Å²) in [6.45, 7) is 0. The first-order valence-electron chi connectivity index (χ1n) is 7.11. The van der Waals surface area contributed by atoms with Crippen LogP contribution < -0.4 is 5.43 Å². The van der Waals surface area contributed by atoms with Gasteiger partial charge in [-0.25, -0.2) is 4.98 Å². The highest BCUT2D eigenvalue weighted by molar-refractivity contribution is 9.11. The fraction of sp³-hybridized carbons (Fsp3) is 0. The second-order valence-electron chi connectivity index (χ2n) is 5.04. The van der Waals surface area contributed by atoms with Gasteiger partial charge in [-0.3, -0.25) is 15.5 Å². The van der Waals surface area contributed by atoms with E-state index in [1.165, 1.54) is 29.7 Å². The van der Waals surface area contributed by atoms with Crippen LogP contribution in [0.1, 0.15) is 5.56 Å². The van der Waals surface area contributed by atoms with Gasteiger partial charge in [0, 0.05) is 33.1 Å². The van der Waals surface area contributed by atoms with Crippen LogP contribution in [0.2, 0.25) is 0 Å². The van der Waals surface area contributed by atoms with E-state index in [-0.39, 0.29) is 11.4 Å². The van der Waals surface area contributed by atoms with Crippen LogP contribution in [0.3, 0.4) is 0 Å². The zero-order valence-corrected chi connectivity index (χ0v) is 16.9. The molecule has 0 fully saturated rings. The number of thiazole rings is 1. The molecule has 0 bridgehead atoms. The maximum Gasteiger partial charge on any atom is 0.269 e. The van der Waals surface area contributed by atoms with Crippen LogP contribution in [-0.2, 0) is 0 Å². The number of nitro groups is 1. The second-order valence-corrected chi connectivity index (χ2v) is 7.67. The van der Waals surface area contributed by atoms with Crippen LogP contribution in [-0.4, -0.2) is 21.2 Å². The maximum absolute atomic E-state index is 10.7. The topological polar surface area (TPSA) is 101 Å². The molecule has 0 aliphatic heterocycles. The fourth-order valence-electron chi connectivity index (χ4n) is 2.05. The third kappa shape index (κ3) is 4.26. The number of phenols is 1. The average molecular weight is 498 g/mol. The fourth-order valence-corrected chi connectivity index (χ4v) is 3.98. The molecule has 0 amide bonds. The molecule has 0 saturated heterocycles. The second kappa shape index (κ2) is 7.94. The number of hydrogen-bond acceptors (Lipinski definition) is 7. The first kappa shape index (κ1) is 18.5. The lowest BCUT2D eigenvalue weighted by Gasteiger charge is -2.02. The van der Waals surface area contributed by atoms with Crippen molar-refractivity contribution in [2.75, 3.05) is 5.43 Å². The highest BCUT2D eigenvalue weighted by Gasteiger charge is 2.08. The number of nitrogens with one attached hydrogen (secondary N) is 1. The summed E-state index contributed by atoms with van der Waals surface area (Å²) in [7, 11) is 0. The summed E-state index contributed by atoms with van der Waals surface area (Å²) in [5.41, 5.74) is 4.84. The van der Waals surface area contributed by atoms with Crippen LogP contribution >= 0.6 is 43.2 Å². The number of nitro benzene ring substituents is 1. The number of hydrogen-bond donors (Lipinski definition) is 2. The summed E-state index contributed by atoms with van der Waals surface area (Å²) in [5, 5.41) is 27.1. The number of halogens is 2. The van der Waals surface area contributed by atoms with Crippen LogP contribution in [0.4, 0.5) is 10.8 Å². The van der Waals surface area contributed by atoms with E-state index in [1.807, 2.05) is 5.38 Å². The van der Waals surface area contributed by atoms with Crippen molar-refractivity contribution in [3.63, 3.8) is 0 Å². The number of rotatable bonds is 5. The van der Waals surface area contributed by atoms with E-state index in [9.17, 15) is 15.2 Å². The predicted molar refractivity (Wildman–Crippen MR) is 109 cm³/mol. The number of benzene rings is 2. The molecule has 0 unspecified atom stereocenters. The molecule has 132 valence electrons. The monoisotopic (exact) mass is 496 g/mol. The van der Waals surface area contributed by atoms with Crippen LogP contribution in [0.15, 0.2) is 55.8 Å². The Morgan fingerprint density at radius 2 is 2.00 bits per heavy atom. The quantitative estimate of drug-likeness (QED) is 0.279. The molecule has 1 heterocycles. The Kier molecular flexibility index (Phi) is 5.64. The summed E-state index contributed by atoms with van der Waals surface area (Å²) < 4.78 is 1.36. The van der Waals surface area contributed by atoms with E-state index in [0.717, 1.165) is 10.0 Å². The minimum atomic E-state index is -0.442. The van der Waals surface area contributed by atoms with Gasteiger partial charge in [0.2, 0.25) is 5.13 Å². The molecule has 2 N–H and O–H groups in total. The van der Waals surface area contributed by atoms with E-state index in [0.29, 0.717) is 20.9 Å². The van der Waals surface area contributed by atoms with Gasteiger partial charge in [0.1, 0.15) is 5.75 Å². The SMILES string of the molecule is O=[N+]([O-])c1ccc(-c2csc(NN=Cc3cc(Br)cc(Br)c3O)n2)cc1. The lowest BCUT2D eigenvalue weighted by atomic mass is 10.1. The number of aromatic nitrogens is 1. The molecule has 0 aliphatic rings. The Bertz CT molecular complexity index is 990. The highest BCUT2D eigenvalue weighted by atomic mass is 79.9. The third-order valence-corrected chi connectivity index (χ3v) is 5.11. The first-order chi connectivity index (χ1) is 12.4. The number of hydrazone groups is 1. The van der Waals surface area contributed by atoms with E-state index in [4.69, 9.17) is 0 Å². The molecule has 0 saturated carbocycles. The molecule has 26 heavy (non-hydrogen) atoms. The molecular formula is C16H10Br2N4O3S. The Morgan fingerprint density at radius 3 is 2.69 bits per heavy atom. The number of non-ortho nitro benzene ring substituents is 1. The molecule has 10 heteroatoms. The summed E-state index contributed by atoms with van der Waals surface area (Å²) in [4.78, 5) is 14.6. The van der Waals surface area contributed by atoms with E-state index in [2.05, 4.69) is 47.4 Å². The average Bonchev–Trinajstić information content (AvgIpc) is 3.08. The van der Waals surface area contributed by atoms with Crippen molar-refractivity contribution in [1.29, 1.82) is 0 Å². The van der Waals surface area contributed by atoms with E-state index in [1.54, 1.807) is 24.3 Å². The van der Waals surface area contributed by atoms with Crippen molar-refractivity contribution in [3.05, 3.63) is 66.4 Å². The smallest absolute Gasteiger partial charge is 0.269 e. The number of aromatic hydroxyl groups is 1. The van der Waals surface area contributed by atoms with Gasteiger partial charge >= 0.3 is 0 Å². The molecule has 7 nitrogen and oxygen atoms in total. The minimum absolute atomic E-state index is 0.0342. The van der Waals surface area contributed by atoms with Gasteiger partial charge in [0.05, 0.1) is 21.3 Å². The molecule has 0 atom stereocenters. The Morgan fingerprint density at radius 1 is 1.27 bits per heavy atom. The molecule has 0 radical (unpaired) electrons. The van der Waals surface area contributed by atoms with Gasteiger partial charge in [0.15, 0.2) is 0 Å². The summed E-state index contributed by atoms with van der Waals surface area (Å²) in [6, 6.07) is 9.64. The van der Waals surface area contributed by atoms with Crippen molar-refractivity contribution in [3.8, 4) is 17.0 Å². The Hall–Kier alpha value is -2.30. The Balaban J connectivity index is 1.72. The number of nitrogens with zero attached hydrogens (tertiary/aromatic N) is 3. The zero-order chi connectivity index (χ0) is 18.7. The zero-order valence-electron chi connectivity index (χ0n) is 12.9. The van der Waals surface area contributed by atoms with Gasteiger partial charge in [-0.05, 0) is 40.2 Å². The number of phenolic OH excluding ortho intramolecular Hbond substituents is 1. The van der Waals surface area contributed by atoms with Crippen molar-refractivity contribution in [1.82, 2.24) is 4.98 Å². The van der Waals surface area contributed by atoms with E-state index < -0.39 is 4.92 Å². The molecule has 2 aromatic carbocycles. The highest BCUT2D eigenvalue weighted by Crippen LogP contribution is 2.31. The van der Waals surface area contributed by atoms with Crippen LogP contribution in [0.25, 0.3) is 11.3 Å². The van der Waals surface area contributed by atoms with Gasteiger partial charge < -0.3 is 5.11 Å². The summed E-state index contributed by atoms with van der Waals surface area (Å²) in [6.07, 6.45) is 1.48. The van der Waals surface area contributed by atoms with Gasteiger partial charge in [-0.15, -0.1) is 11.3 Å². The first-order valence-corrected chi connectivity index (χ1v) is 9.58. The van der Waals surface area contributed by atoms with Crippen molar-refractivity contribution >= 4 is 60.2 Å². The molecule has 0 aliphatic carbocycles. The molecule has 1 aromatic heterocycles. The molecule has 3 aromatic rings. The molecule has 0 spiro atoms. The third-order valence-electron chi connectivity index (χ3n) is 3.30. The van der Waals surface area contributed by atoms with Gasteiger partial charge in [-0.2, -0.15) is 5.10 Å². The van der Waals surface area contributed by atoms with Crippen molar-refractivity contribution < 1.29 is 10.0 Å². The van der Waals surface area contributed by atoms with Gasteiger partial charge in [0.25, 0.3) is 5.69 Å². The van der Waals surface area contributed by atoms with Crippen molar-refractivity contribution in [2.45, 2.75) is 0 Å². The molecular weight excluding hydrogens is 488 g/mol. The van der Waals surface area contributed by atoms with Gasteiger partial charge in [-0.1, -0.05) is 15.9 Å². The lowest BCUT2D eigenvalue weighted by molar-refractivity contribution is -0.384. The lowest BCUT2D eigenvalue weighted by Crippen LogP contribution is -1.91. The van der Waals surface area contributed by atoms with Crippen LogP contribution in [0.5, 0.6) is 5.75 Å². The minimum Gasteiger partial charge on any atom is -0.506 e. The van der Waals surface area contributed by atoms with E-state index >= 15 is 0 Å². The predicted octanol–water partition coefficient (Wildman–Crippen LogP) is 5.39. The standard InChI is InChI=1S/C16H10Br2N4O3S/c17-11-5-10(15(23)13(18)6-11)7-19-21-16-20-14(8-26-16)9-1-3-12(4-2-9)22(24)25/h1-8,23H,(H,20,21).